The highest BCUT2D eigenvalue weighted by molar-refractivity contribution is 5.92. The summed E-state index contributed by atoms with van der Waals surface area (Å²) in [7, 11) is 3.13. The summed E-state index contributed by atoms with van der Waals surface area (Å²) in [4.78, 5) is 20.6. The molecular weight excluding hydrogens is 336 g/mol. The van der Waals surface area contributed by atoms with Crippen molar-refractivity contribution in [3.8, 4) is 11.5 Å². The van der Waals surface area contributed by atoms with Crippen LogP contribution >= 0.6 is 0 Å². The van der Waals surface area contributed by atoms with Crippen LogP contribution in [0.4, 0.5) is 11.6 Å². The highest BCUT2D eigenvalue weighted by Gasteiger charge is 2.10. The maximum absolute atomic E-state index is 12.2. The van der Waals surface area contributed by atoms with Crippen molar-refractivity contribution in [3.05, 3.63) is 60.3 Å². The van der Waals surface area contributed by atoms with E-state index in [1.807, 2.05) is 0 Å². The van der Waals surface area contributed by atoms with Crippen LogP contribution in [0.25, 0.3) is 0 Å². The number of anilines is 2. The highest BCUT2D eigenvalue weighted by Crippen LogP contribution is 2.30. The van der Waals surface area contributed by atoms with Crippen molar-refractivity contribution in [1.82, 2.24) is 15.3 Å². The minimum Gasteiger partial charge on any atom is -0.493 e. The summed E-state index contributed by atoms with van der Waals surface area (Å²) in [5, 5.41) is 5.78. The lowest BCUT2D eigenvalue weighted by molar-refractivity contribution is 0.0943. The van der Waals surface area contributed by atoms with E-state index in [0.29, 0.717) is 28.9 Å². The molecule has 8 nitrogen and oxygen atoms in total. The molecule has 2 N–H and O–H groups in total. The number of nitrogens with zero attached hydrogens (tertiary/aromatic N) is 2. The van der Waals surface area contributed by atoms with E-state index in [0.717, 1.165) is 0 Å². The van der Waals surface area contributed by atoms with Crippen LogP contribution in [0.15, 0.2) is 53.3 Å². The average molecular weight is 354 g/mol. The number of methoxy groups -OCH3 is 2. The normalized spacial score (nSPS) is 10.2. The van der Waals surface area contributed by atoms with Gasteiger partial charge in [0.05, 0.1) is 27.0 Å². The van der Waals surface area contributed by atoms with E-state index in [-0.39, 0.29) is 18.1 Å². The first-order valence-corrected chi connectivity index (χ1v) is 7.82. The highest BCUT2D eigenvalue weighted by atomic mass is 16.5. The lowest BCUT2D eigenvalue weighted by atomic mass is 10.2. The summed E-state index contributed by atoms with van der Waals surface area (Å²) in [5.41, 5.74) is 0.949. The van der Waals surface area contributed by atoms with Crippen LogP contribution in [-0.2, 0) is 6.54 Å². The molecule has 3 aromatic rings. The van der Waals surface area contributed by atoms with Gasteiger partial charge in [0.25, 0.3) is 5.91 Å². The van der Waals surface area contributed by atoms with Gasteiger partial charge in [-0.05, 0) is 30.3 Å². The summed E-state index contributed by atoms with van der Waals surface area (Å²) in [6, 6.07) is 10.4. The Kier molecular flexibility index (Phi) is 5.33. The second-order valence-electron chi connectivity index (χ2n) is 5.22. The van der Waals surface area contributed by atoms with E-state index in [1.165, 1.54) is 12.3 Å². The molecule has 0 aliphatic carbocycles. The van der Waals surface area contributed by atoms with Gasteiger partial charge in [0.1, 0.15) is 11.5 Å². The van der Waals surface area contributed by atoms with Crippen molar-refractivity contribution in [2.24, 2.45) is 0 Å². The first kappa shape index (κ1) is 17.3. The van der Waals surface area contributed by atoms with E-state index >= 15 is 0 Å². The predicted molar refractivity (Wildman–Crippen MR) is 94.7 cm³/mol. The molecule has 0 atom stereocenters. The zero-order valence-electron chi connectivity index (χ0n) is 14.4. The number of benzene rings is 1. The van der Waals surface area contributed by atoms with E-state index in [2.05, 4.69) is 20.6 Å². The van der Waals surface area contributed by atoms with Crippen LogP contribution in [0.2, 0.25) is 0 Å². The largest absolute Gasteiger partial charge is 0.493 e. The minimum atomic E-state index is -0.320. The van der Waals surface area contributed by atoms with Gasteiger partial charge in [0, 0.05) is 18.0 Å². The number of aromatic nitrogens is 2. The number of ether oxygens (including phenoxy) is 2. The first-order chi connectivity index (χ1) is 12.7. The molecule has 0 spiro atoms. The standard InChI is InChI=1S/C18H18N4O4/c1-24-15-6-5-12(10-16(15)25-2)21-18-19-8-7-14(22-18)17(23)20-11-13-4-3-9-26-13/h3-10H,11H2,1-2H3,(H,20,23)(H,19,21,22). The van der Waals surface area contributed by atoms with Gasteiger partial charge in [0.2, 0.25) is 5.95 Å². The molecular formula is C18H18N4O4. The number of amides is 1. The van der Waals surface area contributed by atoms with Gasteiger partial charge in [-0.1, -0.05) is 0 Å². The number of hydrogen-bond acceptors (Lipinski definition) is 7. The second kappa shape index (κ2) is 8.02. The fourth-order valence-electron chi connectivity index (χ4n) is 2.26. The van der Waals surface area contributed by atoms with Gasteiger partial charge in [-0.3, -0.25) is 4.79 Å². The Hall–Kier alpha value is -3.55. The maximum Gasteiger partial charge on any atom is 0.270 e. The third-order valence-corrected chi connectivity index (χ3v) is 3.53. The monoisotopic (exact) mass is 354 g/mol. The maximum atomic E-state index is 12.2. The van der Waals surface area contributed by atoms with Crippen LogP contribution in [0, 0.1) is 0 Å². The van der Waals surface area contributed by atoms with Crippen LogP contribution < -0.4 is 20.1 Å². The van der Waals surface area contributed by atoms with E-state index in [9.17, 15) is 4.79 Å². The number of nitrogens with one attached hydrogen (secondary N) is 2. The molecule has 26 heavy (non-hydrogen) atoms. The summed E-state index contributed by atoms with van der Waals surface area (Å²) in [5.74, 6) is 1.83. The van der Waals surface area contributed by atoms with Crippen LogP contribution in [-0.4, -0.2) is 30.1 Å². The Balaban J connectivity index is 1.70. The van der Waals surface area contributed by atoms with Crippen molar-refractivity contribution < 1.29 is 18.7 Å². The Labute approximate surface area is 150 Å². The molecule has 0 unspecified atom stereocenters. The number of carbonyl (C=O) groups is 1. The SMILES string of the molecule is COc1ccc(Nc2nccc(C(=O)NCc3ccco3)n2)cc1OC. The number of furan rings is 1. The van der Waals surface area contributed by atoms with Gasteiger partial charge >= 0.3 is 0 Å². The molecule has 3 rings (SSSR count). The minimum absolute atomic E-state index is 0.245. The van der Waals surface area contributed by atoms with E-state index < -0.39 is 0 Å². The van der Waals surface area contributed by atoms with E-state index in [1.54, 1.807) is 50.8 Å². The molecule has 2 aromatic heterocycles. The Morgan fingerprint density at radius 2 is 2.00 bits per heavy atom. The quantitative estimate of drug-likeness (QED) is 0.673. The van der Waals surface area contributed by atoms with Crippen molar-refractivity contribution >= 4 is 17.5 Å². The molecule has 0 bridgehead atoms. The number of rotatable bonds is 7. The van der Waals surface area contributed by atoms with Gasteiger partial charge in [-0.25, -0.2) is 9.97 Å². The Morgan fingerprint density at radius 1 is 1.15 bits per heavy atom. The third-order valence-electron chi connectivity index (χ3n) is 3.53. The van der Waals surface area contributed by atoms with Crippen LogP contribution in [0.1, 0.15) is 16.2 Å². The zero-order chi connectivity index (χ0) is 18.4. The van der Waals surface area contributed by atoms with Crippen LogP contribution in [0.5, 0.6) is 11.5 Å². The van der Waals surface area contributed by atoms with E-state index in [4.69, 9.17) is 13.9 Å². The molecule has 134 valence electrons. The van der Waals surface area contributed by atoms with Crippen molar-refractivity contribution in [2.45, 2.75) is 6.54 Å². The molecule has 0 saturated heterocycles. The van der Waals surface area contributed by atoms with Gasteiger partial charge in [-0.15, -0.1) is 0 Å². The van der Waals surface area contributed by atoms with Crippen molar-refractivity contribution in [1.29, 1.82) is 0 Å². The smallest absolute Gasteiger partial charge is 0.270 e. The topological polar surface area (TPSA) is 98.5 Å². The van der Waals surface area contributed by atoms with Crippen LogP contribution in [0.3, 0.4) is 0 Å². The molecule has 0 aliphatic heterocycles. The molecule has 0 fully saturated rings. The third kappa shape index (κ3) is 4.10. The molecule has 0 radical (unpaired) electrons. The first-order valence-electron chi connectivity index (χ1n) is 7.82. The van der Waals surface area contributed by atoms with Crippen molar-refractivity contribution in [3.63, 3.8) is 0 Å². The molecule has 2 heterocycles. The predicted octanol–water partition coefficient (Wildman–Crippen LogP) is 2.76. The van der Waals surface area contributed by atoms with Gasteiger partial charge in [-0.2, -0.15) is 0 Å². The molecule has 0 saturated carbocycles. The van der Waals surface area contributed by atoms with Gasteiger partial charge in [0.15, 0.2) is 11.5 Å². The Bertz CT molecular complexity index is 881. The fraction of sp³-hybridized carbons (Fsp3) is 0.167. The number of carbonyl (C=O) groups excluding carboxylic acids is 1. The molecule has 8 heteroatoms. The fourth-order valence-corrected chi connectivity index (χ4v) is 2.26. The molecule has 1 amide bonds. The molecule has 0 aliphatic rings. The summed E-state index contributed by atoms with van der Waals surface area (Å²) in [6.07, 6.45) is 3.06. The number of hydrogen-bond donors (Lipinski definition) is 2. The second-order valence-corrected chi connectivity index (χ2v) is 5.22. The lowest BCUT2D eigenvalue weighted by Crippen LogP contribution is -2.23. The lowest BCUT2D eigenvalue weighted by Gasteiger charge is -2.11. The van der Waals surface area contributed by atoms with Crippen molar-refractivity contribution in [2.75, 3.05) is 19.5 Å². The zero-order valence-corrected chi connectivity index (χ0v) is 14.4. The summed E-state index contributed by atoms with van der Waals surface area (Å²) >= 11 is 0. The Morgan fingerprint density at radius 3 is 2.73 bits per heavy atom. The molecule has 1 aromatic carbocycles. The van der Waals surface area contributed by atoms with Gasteiger partial charge < -0.3 is 24.5 Å². The summed E-state index contributed by atoms with van der Waals surface area (Å²) in [6.45, 7) is 0.286. The summed E-state index contributed by atoms with van der Waals surface area (Å²) < 4.78 is 15.7. The average Bonchev–Trinajstić information content (AvgIpc) is 3.20.